The number of nitrogens with one attached hydrogen (secondary N) is 2. The first-order valence-corrected chi connectivity index (χ1v) is 5.39. The first-order valence-electron chi connectivity index (χ1n) is 4.98. The summed E-state index contributed by atoms with van der Waals surface area (Å²) >= 11 is 4.80. The number of carbonyl (C=O) groups is 1. The predicted molar refractivity (Wildman–Crippen MR) is 68.8 cm³/mol. The van der Waals surface area contributed by atoms with Crippen LogP contribution in [0.25, 0.3) is 0 Å². The molecule has 92 valence electrons. The van der Waals surface area contributed by atoms with Crippen LogP contribution in [0.5, 0.6) is 0 Å². The van der Waals surface area contributed by atoms with Crippen molar-refractivity contribution in [3.8, 4) is 0 Å². The molecule has 0 aliphatic rings. The van der Waals surface area contributed by atoms with Gasteiger partial charge >= 0.3 is 0 Å². The third-order valence-electron chi connectivity index (χ3n) is 2.24. The lowest BCUT2D eigenvalue weighted by Crippen LogP contribution is -2.18. The second-order valence-corrected chi connectivity index (χ2v) is 3.92. The number of amides is 1. The van der Waals surface area contributed by atoms with E-state index in [0.29, 0.717) is 5.69 Å². The van der Waals surface area contributed by atoms with Gasteiger partial charge in [-0.3, -0.25) is 9.89 Å². The van der Waals surface area contributed by atoms with Crippen LogP contribution in [0.3, 0.4) is 0 Å². The van der Waals surface area contributed by atoms with Crippen LogP contribution in [-0.2, 0) is 0 Å². The summed E-state index contributed by atoms with van der Waals surface area (Å²) in [5, 5.41) is 8.75. The lowest BCUT2D eigenvalue weighted by Gasteiger charge is -2.09. The Kier molecular flexibility index (Phi) is 3.33. The highest BCUT2D eigenvalue weighted by atomic mass is 32.1. The van der Waals surface area contributed by atoms with Crippen molar-refractivity contribution in [1.29, 1.82) is 0 Å². The van der Waals surface area contributed by atoms with Crippen molar-refractivity contribution in [2.75, 3.05) is 5.32 Å². The predicted octanol–water partition coefficient (Wildman–Crippen LogP) is 1.44. The highest BCUT2D eigenvalue weighted by Gasteiger charge is 2.12. The number of nitrogens with two attached hydrogens (primary N) is 1. The molecule has 2 rings (SSSR count). The first-order chi connectivity index (χ1) is 8.58. The van der Waals surface area contributed by atoms with E-state index in [9.17, 15) is 9.18 Å². The molecule has 7 heteroatoms. The van der Waals surface area contributed by atoms with Gasteiger partial charge in [-0.2, -0.15) is 5.10 Å². The molecule has 0 saturated heterocycles. The Labute approximate surface area is 107 Å². The average Bonchev–Trinajstić information content (AvgIpc) is 2.84. The van der Waals surface area contributed by atoms with Gasteiger partial charge in [-0.05, 0) is 24.3 Å². The molecule has 0 unspecified atom stereocenters. The van der Waals surface area contributed by atoms with Gasteiger partial charge in [0.2, 0.25) is 0 Å². The fourth-order valence-corrected chi connectivity index (χ4v) is 1.57. The monoisotopic (exact) mass is 264 g/mol. The Morgan fingerprint density at radius 1 is 1.44 bits per heavy atom. The van der Waals surface area contributed by atoms with Gasteiger partial charge in [0.05, 0.1) is 5.69 Å². The highest BCUT2D eigenvalue weighted by molar-refractivity contribution is 7.80. The number of anilines is 1. The summed E-state index contributed by atoms with van der Waals surface area (Å²) in [5.41, 5.74) is 6.38. The third kappa shape index (κ3) is 2.51. The number of benzene rings is 1. The standard InChI is InChI=1S/C11H9FN4OS/c12-6-1-2-8(7(5-6)10(13)18)15-11(17)9-3-4-14-16-9/h1-5H,(H2,13,18)(H,14,16)(H,15,17). The lowest BCUT2D eigenvalue weighted by molar-refractivity contribution is 0.102. The van der Waals surface area contributed by atoms with E-state index in [4.69, 9.17) is 18.0 Å². The van der Waals surface area contributed by atoms with E-state index in [2.05, 4.69) is 15.5 Å². The maximum absolute atomic E-state index is 13.1. The van der Waals surface area contributed by atoms with Crippen molar-refractivity contribution < 1.29 is 9.18 Å². The Morgan fingerprint density at radius 3 is 2.83 bits per heavy atom. The number of carbonyl (C=O) groups excluding carboxylic acids is 1. The molecule has 1 aromatic heterocycles. The number of halogens is 1. The number of rotatable bonds is 3. The Bertz CT molecular complexity index is 597. The molecule has 1 heterocycles. The van der Waals surface area contributed by atoms with Crippen LogP contribution in [0.15, 0.2) is 30.5 Å². The van der Waals surface area contributed by atoms with Crippen molar-refractivity contribution >= 4 is 28.8 Å². The minimum absolute atomic E-state index is 0.00871. The number of thiocarbonyl (C=S) groups is 1. The molecular formula is C11H9FN4OS. The van der Waals surface area contributed by atoms with Crippen molar-refractivity contribution in [3.05, 3.63) is 47.5 Å². The van der Waals surface area contributed by atoms with E-state index in [1.807, 2.05) is 0 Å². The van der Waals surface area contributed by atoms with Gasteiger partial charge in [-0.1, -0.05) is 12.2 Å². The summed E-state index contributed by atoms with van der Waals surface area (Å²) in [6.07, 6.45) is 1.45. The largest absolute Gasteiger partial charge is 0.389 e. The molecule has 0 bridgehead atoms. The van der Waals surface area contributed by atoms with Crippen LogP contribution in [0.4, 0.5) is 10.1 Å². The van der Waals surface area contributed by atoms with Crippen LogP contribution in [-0.4, -0.2) is 21.1 Å². The van der Waals surface area contributed by atoms with Gasteiger partial charge in [-0.25, -0.2) is 4.39 Å². The van der Waals surface area contributed by atoms with E-state index in [1.54, 1.807) is 0 Å². The topological polar surface area (TPSA) is 83.8 Å². The molecule has 0 spiro atoms. The third-order valence-corrected chi connectivity index (χ3v) is 2.46. The molecule has 0 fully saturated rings. The van der Waals surface area contributed by atoms with Crippen LogP contribution >= 0.6 is 12.2 Å². The minimum atomic E-state index is -0.475. The molecule has 18 heavy (non-hydrogen) atoms. The number of nitrogens with zero attached hydrogens (tertiary/aromatic N) is 1. The van der Waals surface area contributed by atoms with E-state index in [-0.39, 0.29) is 16.2 Å². The van der Waals surface area contributed by atoms with Gasteiger partial charge < -0.3 is 11.1 Å². The van der Waals surface area contributed by atoms with Gasteiger partial charge in [0.1, 0.15) is 16.5 Å². The van der Waals surface area contributed by atoms with E-state index in [0.717, 1.165) is 0 Å². The summed E-state index contributed by atoms with van der Waals surface area (Å²) in [6, 6.07) is 5.30. The van der Waals surface area contributed by atoms with Crippen LogP contribution in [0.1, 0.15) is 16.1 Å². The van der Waals surface area contributed by atoms with Crippen molar-refractivity contribution in [3.63, 3.8) is 0 Å². The van der Waals surface area contributed by atoms with Gasteiger partial charge in [0.15, 0.2) is 0 Å². The van der Waals surface area contributed by atoms with Gasteiger partial charge in [0, 0.05) is 11.8 Å². The number of hydrogen-bond donors (Lipinski definition) is 3. The zero-order valence-corrected chi connectivity index (χ0v) is 9.92. The molecule has 0 aliphatic heterocycles. The summed E-state index contributed by atoms with van der Waals surface area (Å²) in [6.45, 7) is 0. The SMILES string of the molecule is NC(=S)c1cc(F)ccc1NC(=O)c1ccn[nH]1. The summed E-state index contributed by atoms with van der Waals surface area (Å²) in [7, 11) is 0. The molecule has 2 aromatic rings. The van der Waals surface area contributed by atoms with Crippen molar-refractivity contribution in [1.82, 2.24) is 10.2 Å². The normalized spacial score (nSPS) is 10.1. The fraction of sp³-hybridized carbons (Fsp3) is 0. The van der Waals surface area contributed by atoms with Gasteiger partial charge in [0.25, 0.3) is 5.91 Å². The van der Waals surface area contributed by atoms with Crippen molar-refractivity contribution in [2.45, 2.75) is 0 Å². The van der Waals surface area contributed by atoms with Crippen LogP contribution in [0.2, 0.25) is 0 Å². The Hall–Kier alpha value is -2.28. The molecule has 0 saturated carbocycles. The molecule has 4 N–H and O–H groups in total. The Balaban J connectivity index is 2.29. The maximum Gasteiger partial charge on any atom is 0.273 e. The number of aromatic amines is 1. The molecule has 1 amide bonds. The molecule has 5 nitrogen and oxygen atoms in total. The van der Waals surface area contributed by atoms with Crippen LogP contribution in [0, 0.1) is 5.82 Å². The minimum Gasteiger partial charge on any atom is -0.389 e. The molecule has 1 aromatic carbocycles. The quantitative estimate of drug-likeness (QED) is 0.732. The fourth-order valence-electron chi connectivity index (χ4n) is 1.40. The molecular weight excluding hydrogens is 255 g/mol. The smallest absolute Gasteiger partial charge is 0.273 e. The van der Waals surface area contributed by atoms with E-state index >= 15 is 0 Å². The second-order valence-electron chi connectivity index (χ2n) is 3.48. The Morgan fingerprint density at radius 2 is 2.22 bits per heavy atom. The van der Waals surface area contributed by atoms with E-state index < -0.39 is 11.7 Å². The summed E-state index contributed by atoms with van der Waals surface area (Å²) in [5.74, 6) is -0.881. The van der Waals surface area contributed by atoms with Crippen molar-refractivity contribution in [2.24, 2.45) is 5.73 Å². The number of aromatic nitrogens is 2. The highest BCUT2D eigenvalue weighted by Crippen LogP contribution is 2.17. The average molecular weight is 264 g/mol. The van der Waals surface area contributed by atoms with E-state index in [1.165, 1.54) is 30.5 Å². The second kappa shape index (κ2) is 4.92. The molecule has 0 atom stereocenters. The molecule has 0 aliphatic carbocycles. The molecule has 0 radical (unpaired) electrons. The zero-order chi connectivity index (χ0) is 13.1. The van der Waals surface area contributed by atoms with Crippen LogP contribution < -0.4 is 11.1 Å². The lowest BCUT2D eigenvalue weighted by atomic mass is 10.1. The maximum atomic E-state index is 13.1. The summed E-state index contributed by atoms with van der Waals surface area (Å²) in [4.78, 5) is 11.8. The number of H-pyrrole nitrogens is 1. The number of hydrogen-bond acceptors (Lipinski definition) is 3. The summed E-state index contributed by atoms with van der Waals surface area (Å²) < 4.78 is 13.1. The first kappa shape index (κ1) is 12.2. The zero-order valence-electron chi connectivity index (χ0n) is 9.11. The van der Waals surface area contributed by atoms with Gasteiger partial charge in [-0.15, -0.1) is 0 Å².